The summed E-state index contributed by atoms with van der Waals surface area (Å²) in [5.74, 6) is 0.157. The summed E-state index contributed by atoms with van der Waals surface area (Å²) < 4.78 is 0. The summed E-state index contributed by atoms with van der Waals surface area (Å²) >= 11 is 0. The van der Waals surface area contributed by atoms with Crippen LogP contribution in [0.2, 0.25) is 0 Å². The van der Waals surface area contributed by atoms with Gasteiger partial charge in [0.05, 0.1) is 0 Å². The van der Waals surface area contributed by atoms with E-state index in [1.165, 1.54) is 0 Å². The molecule has 2 rings (SSSR count). The van der Waals surface area contributed by atoms with Crippen LogP contribution in [0, 0.1) is 6.92 Å². The van der Waals surface area contributed by atoms with Crippen molar-refractivity contribution in [3.8, 4) is 0 Å². The number of Topliss-reactive ketones (excluding diaryl/α,β-unsaturated/α-hetero) is 1. The van der Waals surface area contributed by atoms with E-state index in [1.54, 1.807) is 12.4 Å². The molecule has 16 heavy (non-hydrogen) atoms. The van der Waals surface area contributed by atoms with Crippen molar-refractivity contribution in [2.45, 2.75) is 13.3 Å². The van der Waals surface area contributed by atoms with Gasteiger partial charge in [0.15, 0.2) is 5.78 Å². The number of ketones is 1. The summed E-state index contributed by atoms with van der Waals surface area (Å²) in [5, 5.41) is 0. The van der Waals surface area contributed by atoms with Gasteiger partial charge in [0.2, 0.25) is 0 Å². The minimum Gasteiger partial charge on any atom is -0.294 e. The molecule has 2 heteroatoms. The molecule has 0 spiro atoms. The Bertz CT molecular complexity index is 491. The highest BCUT2D eigenvalue weighted by Crippen LogP contribution is 2.11. The largest absolute Gasteiger partial charge is 0.294 e. The third-order valence-electron chi connectivity index (χ3n) is 2.56. The molecule has 0 saturated carbocycles. The predicted octanol–water partition coefficient (Wildman–Crippen LogP) is 2.82. The van der Waals surface area contributed by atoms with Crippen LogP contribution >= 0.6 is 0 Å². The number of aryl methyl sites for hydroxylation is 1. The molecule has 1 aromatic carbocycles. The van der Waals surface area contributed by atoms with Gasteiger partial charge < -0.3 is 0 Å². The van der Waals surface area contributed by atoms with Crippen LogP contribution < -0.4 is 0 Å². The second-order valence-electron chi connectivity index (χ2n) is 3.77. The van der Waals surface area contributed by atoms with Crippen LogP contribution in [0.4, 0.5) is 0 Å². The number of rotatable bonds is 3. The summed E-state index contributed by atoms with van der Waals surface area (Å²) in [6.07, 6.45) is 3.86. The summed E-state index contributed by atoms with van der Waals surface area (Å²) in [6.45, 7) is 1.96. The first-order valence-corrected chi connectivity index (χ1v) is 5.25. The zero-order valence-corrected chi connectivity index (χ0v) is 9.18. The maximum Gasteiger partial charge on any atom is 0.167 e. The van der Waals surface area contributed by atoms with Gasteiger partial charge in [-0.15, -0.1) is 0 Å². The Hall–Kier alpha value is -1.96. The number of hydrogen-bond acceptors (Lipinski definition) is 2. The van der Waals surface area contributed by atoms with Crippen molar-refractivity contribution in [2.24, 2.45) is 0 Å². The molecular weight excluding hydrogens is 198 g/mol. The van der Waals surface area contributed by atoms with Gasteiger partial charge >= 0.3 is 0 Å². The minimum absolute atomic E-state index is 0.157. The maximum absolute atomic E-state index is 12.0. The number of aromatic nitrogens is 1. The van der Waals surface area contributed by atoms with Crippen LogP contribution in [-0.4, -0.2) is 10.8 Å². The van der Waals surface area contributed by atoms with Crippen LogP contribution in [0.25, 0.3) is 0 Å². The lowest BCUT2D eigenvalue weighted by Gasteiger charge is -2.04. The highest BCUT2D eigenvalue weighted by Gasteiger charge is 2.08. The van der Waals surface area contributed by atoms with E-state index in [1.807, 2.05) is 43.3 Å². The number of carbonyl (C=O) groups is 1. The fraction of sp³-hybridized carbons (Fsp3) is 0.143. The molecule has 1 aromatic heterocycles. The summed E-state index contributed by atoms with van der Waals surface area (Å²) in [7, 11) is 0. The lowest BCUT2D eigenvalue weighted by Crippen LogP contribution is -2.05. The zero-order chi connectivity index (χ0) is 11.4. The average molecular weight is 211 g/mol. The van der Waals surface area contributed by atoms with Gasteiger partial charge in [0.1, 0.15) is 0 Å². The number of carbonyl (C=O) groups excluding carboxylic acids is 1. The average Bonchev–Trinajstić information content (AvgIpc) is 2.31. The Balaban J connectivity index is 2.19. The smallest absolute Gasteiger partial charge is 0.167 e. The third-order valence-corrected chi connectivity index (χ3v) is 2.56. The van der Waals surface area contributed by atoms with E-state index in [-0.39, 0.29) is 5.78 Å². The molecular formula is C14H13NO. The van der Waals surface area contributed by atoms with E-state index in [0.29, 0.717) is 6.42 Å². The molecule has 0 unspecified atom stereocenters. The fourth-order valence-electron chi connectivity index (χ4n) is 1.67. The van der Waals surface area contributed by atoms with Crippen LogP contribution in [-0.2, 0) is 6.42 Å². The van der Waals surface area contributed by atoms with Crippen LogP contribution in [0.15, 0.2) is 48.8 Å². The minimum atomic E-state index is 0.157. The summed E-state index contributed by atoms with van der Waals surface area (Å²) in [5.41, 5.74) is 2.84. The molecule has 2 nitrogen and oxygen atoms in total. The van der Waals surface area contributed by atoms with E-state index in [0.717, 1.165) is 16.7 Å². The van der Waals surface area contributed by atoms with Crippen molar-refractivity contribution < 1.29 is 4.79 Å². The van der Waals surface area contributed by atoms with E-state index in [9.17, 15) is 4.79 Å². The molecule has 0 atom stereocenters. The molecule has 80 valence electrons. The van der Waals surface area contributed by atoms with Crippen molar-refractivity contribution >= 4 is 5.78 Å². The van der Waals surface area contributed by atoms with Crippen molar-refractivity contribution in [2.75, 3.05) is 0 Å². The summed E-state index contributed by atoms with van der Waals surface area (Å²) in [4.78, 5) is 15.9. The highest BCUT2D eigenvalue weighted by atomic mass is 16.1. The van der Waals surface area contributed by atoms with Crippen LogP contribution in [0.3, 0.4) is 0 Å². The van der Waals surface area contributed by atoms with E-state index in [2.05, 4.69) is 4.98 Å². The third kappa shape index (κ3) is 2.34. The highest BCUT2D eigenvalue weighted by molar-refractivity contribution is 5.98. The van der Waals surface area contributed by atoms with E-state index in [4.69, 9.17) is 0 Å². The zero-order valence-electron chi connectivity index (χ0n) is 9.18. The van der Waals surface area contributed by atoms with Crippen molar-refractivity contribution in [3.63, 3.8) is 0 Å². The van der Waals surface area contributed by atoms with Gasteiger partial charge in [-0.25, -0.2) is 0 Å². The molecule has 0 amide bonds. The SMILES string of the molecule is Cc1ccccc1C(=O)Cc1ccncc1. The Morgan fingerprint density at radius 2 is 1.81 bits per heavy atom. The molecule has 0 fully saturated rings. The molecule has 0 aliphatic heterocycles. The second kappa shape index (κ2) is 4.71. The quantitative estimate of drug-likeness (QED) is 0.731. The van der Waals surface area contributed by atoms with Gasteiger partial charge in [0, 0.05) is 24.4 Å². The summed E-state index contributed by atoms with van der Waals surface area (Å²) in [6, 6.07) is 11.4. The first kappa shape index (κ1) is 10.6. The Morgan fingerprint density at radius 3 is 2.50 bits per heavy atom. The maximum atomic E-state index is 12.0. The van der Waals surface area contributed by atoms with Crippen molar-refractivity contribution in [3.05, 3.63) is 65.5 Å². The first-order valence-electron chi connectivity index (χ1n) is 5.25. The molecule has 0 saturated heterocycles. The molecule has 1 heterocycles. The van der Waals surface area contributed by atoms with Crippen LogP contribution in [0.1, 0.15) is 21.5 Å². The van der Waals surface area contributed by atoms with Gasteiger partial charge in [-0.3, -0.25) is 9.78 Å². The van der Waals surface area contributed by atoms with Gasteiger partial charge in [-0.2, -0.15) is 0 Å². The van der Waals surface area contributed by atoms with E-state index >= 15 is 0 Å². The van der Waals surface area contributed by atoms with Crippen molar-refractivity contribution in [1.29, 1.82) is 0 Å². The second-order valence-corrected chi connectivity index (χ2v) is 3.77. The van der Waals surface area contributed by atoms with Gasteiger partial charge in [0.25, 0.3) is 0 Å². The standard InChI is InChI=1S/C14H13NO/c1-11-4-2-3-5-13(11)14(16)10-12-6-8-15-9-7-12/h2-9H,10H2,1H3. The normalized spacial score (nSPS) is 10.1. The fourth-order valence-corrected chi connectivity index (χ4v) is 1.67. The molecule has 2 aromatic rings. The Kier molecular flexibility index (Phi) is 3.10. The lowest BCUT2D eigenvalue weighted by atomic mass is 10.00. The topological polar surface area (TPSA) is 30.0 Å². The Labute approximate surface area is 95.0 Å². The van der Waals surface area contributed by atoms with Crippen molar-refractivity contribution in [1.82, 2.24) is 4.98 Å². The number of nitrogens with zero attached hydrogens (tertiary/aromatic N) is 1. The molecule has 0 aliphatic rings. The number of pyridine rings is 1. The van der Waals surface area contributed by atoms with Gasteiger partial charge in [-0.1, -0.05) is 24.3 Å². The van der Waals surface area contributed by atoms with Gasteiger partial charge in [-0.05, 0) is 30.2 Å². The monoisotopic (exact) mass is 211 g/mol. The predicted molar refractivity (Wildman–Crippen MR) is 63.5 cm³/mol. The molecule has 0 radical (unpaired) electrons. The number of hydrogen-bond donors (Lipinski definition) is 0. The van der Waals surface area contributed by atoms with E-state index < -0.39 is 0 Å². The molecule has 0 bridgehead atoms. The molecule has 0 aliphatic carbocycles. The Morgan fingerprint density at radius 1 is 1.12 bits per heavy atom. The number of benzene rings is 1. The van der Waals surface area contributed by atoms with Crippen LogP contribution in [0.5, 0.6) is 0 Å². The lowest BCUT2D eigenvalue weighted by molar-refractivity contribution is 0.0992. The first-order chi connectivity index (χ1) is 7.77. The molecule has 0 N–H and O–H groups in total.